The van der Waals surface area contributed by atoms with E-state index < -0.39 is 5.91 Å². The highest BCUT2D eigenvalue weighted by molar-refractivity contribution is 6.31. The largest absolute Gasteiger partial charge is 0.495 e. The SMILES string of the molecule is C=CCn1cc(C(=O)Nc2cc(Cl)ccc2OC)c2nn(-c3ccccc3)c(=O)c-2c1. The zero-order valence-electron chi connectivity index (χ0n) is 16.7. The van der Waals surface area contributed by atoms with E-state index in [1.165, 1.54) is 11.8 Å². The van der Waals surface area contributed by atoms with Gasteiger partial charge in [-0.25, -0.2) is 0 Å². The van der Waals surface area contributed by atoms with Crippen molar-refractivity contribution in [3.8, 4) is 22.7 Å². The molecule has 0 aliphatic carbocycles. The van der Waals surface area contributed by atoms with E-state index in [2.05, 4.69) is 17.0 Å². The number of nitrogens with one attached hydrogen (secondary N) is 1. The average Bonchev–Trinajstić information content (AvgIpc) is 3.11. The third kappa shape index (κ3) is 3.95. The smallest absolute Gasteiger partial charge is 0.282 e. The Morgan fingerprint density at radius 2 is 2.00 bits per heavy atom. The maximum absolute atomic E-state index is 13.2. The third-order valence-corrected chi connectivity index (χ3v) is 4.95. The molecule has 2 heterocycles. The quantitative estimate of drug-likeness (QED) is 0.460. The van der Waals surface area contributed by atoms with Gasteiger partial charge in [0.1, 0.15) is 11.4 Å². The van der Waals surface area contributed by atoms with E-state index in [0.717, 1.165) is 0 Å². The fourth-order valence-corrected chi connectivity index (χ4v) is 3.46. The predicted octanol–water partition coefficient (Wildman–Crippen LogP) is 4.24. The molecule has 31 heavy (non-hydrogen) atoms. The van der Waals surface area contributed by atoms with E-state index in [0.29, 0.717) is 39.9 Å². The number of anilines is 1. The number of hydrogen-bond acceptors (Lipinski definition) is 4. The van der Waals surface area contributed by atoms with Gasteiger partial charge in [0.25, 0.3) is 11.5 Å². The Hall–Kier alpha value is -3.84. The fraction of sp³-hybridized carbons (Fsp3) is 0.0870. The van der Waals surface area contributed by atoms with Crippen molar-refractivity contribution in [2.75, 3.05) is 12.4 Å². The number of ether oxygens (including phenoxy) is 1. The summed E-state index contributed by atoms with van der Waals surface area (Å²) in [4.78, 5) is 26.3. The van der Waals surface area contributed by atoms with Crippen molar-refractivity contribution in [1.82, 2.24) is 14.3 Å². The molecule has 1 N–H and O–H groups in total. The number of nitrogens with zero attached hydrogens (tertiary/aromatic N) is 3. The number of allylic oxidation sites excluding steroid dienone is 1. The van der Waals surface area contributed by atoms with Crippen LogP contribution in [0.3, 0.4) is 0 Å². The number of amides is 1. The first kappa shape index (κ1) is 20.4. The second kappa shape index (κ2) is 8.49. The van der Waals surface area contributed by atoms with E-state index in [1.807, 2.05) is 18.2 Å². The highest BCUT2D eigenvalue weighted by atomic mass is 35.5. The van der Waals surface area contributed by atoms with Crippen LogP contribution in [0.15, 0.2) is 78.4 Å². The summed E-state index contributed by atoms with van der Waals surface area (Å²) in [6.07, 6.45) is 4.99. The molecule has 0 spiro atoms. The van der Waals surface area contributed by atoms with E-state index in [1.54, 1.807) is 53.4 Å². The van der Waals surface area contributed by atoms with Crippen LogP contribution >= 0.6 is 11.6 Å². The summed E-state index contributed by atoms with van der Waals surface area (Å²) in [6.45, 7) is 4.16. The molecule has 4 rings (SSSR count). The summed E-state index contributed by atoms with van der Waals surface area (Å²) >= 11 is 6.08. The van der Waals surface area contributed by atoms with Crippen LogP contribution in [0.25, 0.3) is 16.9 Å². The van der Waals surface area contributed by atoms with Crippen LogP contribution in [0, 0.1) is 0 Å². The fourth-order valence-electron chi connectivity index (χ4n) is 3.29. The second-order valence-electron chi connectivity index (χ2n) is 6.77. The highest BCUT2D eigenvalue weighted by Gasteiger charge is 2.25. The van der Waals surface area contributed by atoms with E-state index in [9.17, 15) is 9.59 Å². The van der Waals surface area contributed by atoms with Crippen molar-refractivity contribution in [3.63, 3.8) is 0 Å². The first-order valence-corrected chi connectivity index (χ1v) is 9.83. The summed E-state index contributed by atoms with van der Waals surface area (Å²) in [5.41, 5.74) is 1.59. The lowest BCUT2D eigenvalue weighted by molar-refractivity contribution is 0.102. The van der Waals surface area contributed by atoms with E-state index in [-0.39, 0.29) is 11.1 Å². The van der Waals surface area contributed by atoms with Crippen molar-refractivity contribution in [3.05, 3.63) is 94.5 Å². The highest BCUT2D eigenvalue weighted by Crippen LogP contribution is 2.29. The number of fused-ring (bicyclic) bond motifs is 1. The lowest BCUT2D eigenvalue weighted by Crippen LogP contribution is -2.18. The molecular formula is C23H19ClN4O3. The molecule has 0 radical (unpaired) electrons. The van der Waals surface area contributed by atoms with Gasteiger partial charge in [0.05, 0.1) is 29.6 Å². The number of halogens is 1. The van der Waals surface area contributed by atoms with Gasteiger partial charge in [0.15, 0.2) is 0 Å². The first-order chi connectivity index (χ1) is 15.0. The van der Waals surface area contributed by atoms with Crippen LogP contribution < -0.4 is 15.6 Å². The average molecular weight is 435 g/mol. The topological polar surface area (TPSA) is 78.2 Å². The van der Waals surface area contributed by atoms with Crippen molar-refractivity contribution >= 4 is 23.2 Å². The van der Waals surface area contributed by atoms with Crippen molar-refractivity contribution in [1.29, 1.82) is 0 Å². The Balaban J connectivity index is 1.84. The number of methoxy groups -OCH3 is 1. The van der Waals surface area contributed by atoms with Gasteiger partial charge in [-0.2, -0.15) is 9.78 Å². The molecule has 2 aromatic carbocycles. The molecule has 0 fully saturated rings. The predicted molar refractivity (Wildman–Crippen MR) is 121 cm³/mol. The number of aromatic nitrogens is 3. The zero-order valence-corrected chi connectivity index (χ0v) is 17.5. The number of carbonyl (C=O) groups excluding carboxylic acids is 1. The molecule has 1 amide bonds. The number of pyridine rings is 1. The molecule has 0 saturated heterocycles. The Bertz CT molecular complexity index is 1290. The van der Waals surface area contributed by atoms with Gasteiger partial charge >= 0.3 is 0 Å². The van der Waals surface area contributed by atoms with Crippen LogP contribution in [-0.4, -0.2) is 27.4 Å². The molecule has 0 atom stereocenters. The Morgan fingerprint density at radius 3 is 2.71 bits per heavy atom. The second-order valence-corrected chi connectivity index (χ2v) is 7.21. The van der Waals surface area contributed by atoms with Crippen molar-refractivity contribution in [2.45, 2.75) is 6.54 Å². The maximum Gasteiger partial charge on any atom is 0.282 e. The summed E-state index contributed by atoms with van der Waals surface area (Å²) < 4.78 is 8.32. The molecule has 0 bridgehead atoms. The molecule has 8 heteroatoms. The lowest BCUT2D eigenvalue weighted by atomic mass is 10.1. The monoisotopic (exact) mass is 434 g/mol. The number of rotatable bonds is 6. The summed E-state index contributed by atoms with van der Waals surface area (Å²) in [5, 5.41) is 7.71. The molecule has 7 nitrogen and oxygen atoms in total. The first-order valence-electron chi connectivity index (χ1n) is 9.46. The number of carbonyl (C=O) groups is 1. The maximum atomic E-state index is 13.2. The number of benzene rings is 2. The van der Waals surface area contributed by atoms with Crippen LogP contribution in [0.1, 0.15) is 10.4 Å². The summed E-state index contributed by atoms with van der Waals surface area (Å²) in [6, 6.07) is 14.0. The minimum atomic E-state index is -0.443. The van der Waals surface area contributed by atoms with Crippen molar-refractivity contribution < 1.29 is 9.53 Å². The molecule has 0 aromatic heterocycles. The minimum Gasteiger partial charge on any atom is -0.495 e. The Labute approximate surface area is 183 Å². The summed E-state index contributed by atoms with van der Waals surface area (Å²) in [5.74, 6) is 0.0184. The Kier molecular flexibility index (Phi) is 5.60. The van der Waals surface area contributed by atoms with Gasteiger partial charge in [-0.15, -0.1) is 6.58 Å². The molecule has 0 saturated carbocycles. The molecule has 156 valence electrons. The molecule has 2 aromatic rings. The standard InChI is InChI=1S/C23H19ClN4O3/c1-3-11-27-13-17(22(29)25-19-12-15(24)9-10-20(19)31-2)21-18(14-27)23(30)28(26-21)16-7-5-4-6-8-16/h3-10,12-14H,1,11H2,2H3,(H,25,29). The minimum absolute atomic E-state index is 0.244. The molecule has 2 aliphatic rings. The lowest BCUT2D eigenvalue weighted by Gasteiger charge is -2.13. The van der Waals surface area contributed by atoms with E-state index >= 15 is 0 Å². The van der Waals surface area contributed by atoms with Gasteiger partial charge in [-0.05, 0) is 30.3 Å². The zero-order chi connectivity index (χ0) is 22.0. The van der Waals surface area contributed by atoms with Crippen LogP contribution in [0.4, 0.5) is 5.69 Å². The molecular weight excluding hydrogens is 416 g/mol. The Morgan fingerprint density at radius 1 is 1.23 bits per heavy atom. The number of para-hydroxylation sites is 1. The van der Waals surface area contributed by atoms with Crippen LogP contribution in [0.2, 0.25) is 5.02 Å². The van der Waals surface area contributed by atoms with Crippen LogP contribution in [0.5, 0.6) is 5.75 Å². The van der Waals surface area contributed by atoms with Gasteiger partial charge < -0.3 is 14.6 Å². The van der Waals surface area contributed by atoms with E-state index in [4.69, 9.17) is 16.3 Å². The summed E-state index contributed by atoms with van der Waals surface area (Å²) in [7, 11) is 1.50. The molecule has 0 unspecified atom stereocenters. The number of hydrogen-bond donors (Lipinski definition) is 1. The third-order valence-electron chi connectivity index (χ3n) is 4.72. The van der Waals surface area contributed by atoms with Crippen molar-refractivity contribution in [2.24, 2.45) is 0 Å². The van der Waals surface area contributed by atoms with Gasteiger partial charge in [-0.3, -0.25) is 9.59 Å². The van der Waals surface area contributed by atoms with Gasteiger partial charge in [0, 0.05) is 24.0 Å². The van der Waals surface area contributed by atoms with Gasteiger partial charge in [0.2, 0.25) is 0 Å². The van der Waals surface area contributed by atoms with Crippen LogP contribution in [-0.2, 0) is 6.54 Å². The van der Waals surface area contributed by atoms with Gasteiger partial charge in [-0.1, -0.05) is 35.9 Å². The normalized spacial score (nSPS) is 10.8. The molecule has 2 aliphatic heterocycles.